The van der Waals surface area contributed by atoms with Crippen LogP contribution in [0.4, 0.5) is 0 Å². The van der Waals surface area contributed by atoms with Crippen molar-refractivity contribution >= 4 is 11.9 Å². The first-order valence-electron chi connectivity index (χ1n) is 6.47. The molecular formula is C12H21N3O3. The Morgan fingerprint density at radius 1 is 1.22 bits per heavy atom. The smallest absolute Gasteiger partial charge is 0.305 e. The lowest BCUT2D eigenvalue weighted by molar-refractivity contribution is -0.142. The average molecular weight is 255 g/mol. The first-order valence-corrected chi connectivity index (χ1v) is 6.47. The van der Waals surface area contributed by atoms with Gasteiger partial charge in [0.05, 0.1) is 12.0 Å². The molecule has 2 aliphatic heterocycles. The van der Waals surface area contributed by atoms with Gasteiger partial charge in [0.1, 0.15) is 0 Å². The van der Waals surface area contributed by atoms with Crippen molar-refractivity contribution in [1.29, 1.82) is 0 Å². The molecule has 0 unspecified atom stereocenters. The Labute approximate surface area is 107 Å². The van der Waals surface area contributed by atoms with Crippen molar-refractivity contribution in [1.82, 2.24) is 15.1 Å². The van der Waals surface area contributed by atoms with E-state index in [1.807, 2.05) is 4.90 Å². The lowest BCUT2D eigenvalue weighted by Gasteiger charge is -2.49. The number of nitrogens with zero attached hydrogens (tertiary/aromatic N) is 2. The van der Waals surface area contributed by atoms with E-state index in [2.05, 4.69) is 10.2 Å². The van der Waals surface area contributed by atoms with Crippen molar-refractivity contribution in [2.45, 2.75) is 25.3 Å². The van der Waals surface area contributed by atoms with E-state index in [9.17, 15) is 9.59 Å². The topological polar surface area (TPSA) is 72.9 Å². The van der Waals surface area contributed by atoms with Crippen molar-refractivity contribution < 1.29 is 14.7 Å². The number of amides is 1. The van der Waals surface area contributed by atoms with Crippen LogP contribution in [0.2, 0.25) is 0 Å². The molecule has 0 aromatic rings. The molecule has 0 atom stereocenters. The van der Waals surface area contributed by atoms with Crippen LogP contribution in [0.15, 0.2) is 0 Å². The highest BCUT2D eigenvalue weighted by Gasteiger charge is 2.44. The lowest BCUT2D eigenvalue weighted by Crippen LogP contribution is -2.70. The van der Waals surface area contributed by atoms with Gasteiger partial charge in [-0.05, 0) is 6.42 Å². The van der Waals surface area contributed by atoms with E-state index < -0.39 is 5.97 Å². The zero-order chi connectivity index (χ0) is 13.2. The minimum atomic E-state index is -0.746. The number of hydrogen-bond acceptors (Lipinski definition) is 4. The van der Waals surface area contributed by atoms with Crippen LogP contribution in [0.3, 0.4) is 0 Å². The van der Waals surface area contributed by atoms with Crippen molar-refractivity contribution in [2.24, 2.45) is 0 Å². The highest BCUT2D eigenvalue weighted by atomic mass is 16.4. The molecule has 1 amide bonds. The summed E-state index contributed by atoms with van der Waals surface area (Å²) >= 11 is 0. The summed E-state index contributed by atoms with van der Waals surface area (Å²) in [6.45, 7) is 6.19. The predicted octanol–water partition coefficient (Wildman–Crippen LogP) is -0.643. The van der Waals surface area contributed by atoms with E-state index >= 15 is 0 Å². The molecule has 2 N–H and O–H groups in total. The fraction of sp³-hybridized carbons (Fsp3) is 0.833. The van der Waals surface area contributed by atoms with E-state index in [0.29, 0.717) is 6.54 Å². The summed E-state index contributed by atoms with van der Waals surface area (Å²) in [5.41, 5.74) is -0.237. The molecule has 2 heterocycles. The van der Waals surface area contributed by atoms with Gasteiger partial charge in [0.25, 0.3) is 0 Å². The van der Waals surface area contributed by atoms with Crippen LogP contribution in [-0.4, -0.2) is 71.6 Å². The SMILES string of the molecule is CC(=O)N1CCCN(C2(CC(=O)O)CNC2)CC1. The van der Waals surface area contributed by atoms with Crippen LogP contribution in [-0.2, 0) is 9.59 Å². The van der Waals surface area contributed by atoms with Gasteiger partial charge in [-0.3, -0.25) is 14.5 Å². The highest BCUT2D eigenvalue weighted by molar-refractivity contribution is 5.73. The minimum Gasteiger partial charge on any atom is -0.481 e. The summed E-state index contributed by atoms with van der Waals surface area (Å²) in [6, 6.07) is 0. The lowest BCUT2D eigenvalue weighted by atomic mass is 9.86. The number of nitrogens with one attached hydrogen (secondary N) is 1. The Morgan fingerprint density at radius 2 is 1.94 bits per heavy atom. The van der Waals surface area contributed by atoms with Gasteiger partial charge >= 0.3 is 5.97 Å². The van der Waals surface area contributed by atoms with Crippen LogP contribution in [0.25, 0.3) is 0 Å². The summed E-state index contributed by atoms with van der Waals surface area (Å²) in [7, 11) is 0. The van der Waals surface area contributed by atoms with Crippen molar-refractivity contribution in [3.05, 3.63) is 0 Å². The molecule has 0 bridgehead atoms. The van der Waals surface area contributed by atoms with Crippen LogP contribution < -0.4 is 5.32 Å². The Bertz CT molecular complexity index is 341. The monoisotopic (exact) mass is 255 g/mol. The minimum absolute atomic E-state index is 0.107. The van der Waals surface area contributed by atoms with Gasteiger partial charge in [0, 0.05) is 46.2 Å². The van der Waals surface area contributed by atoms with Gasteiger partial charge in [-0.15, -0.1) is 0 Å². The molecule has 102 valence electrons. The van der Waals surface area contributed by atoms with Gasteiger partial charge in [-0.25, -0.2) is 0 Å². The average Bonchev–Trinajstić information content (AvgIpc) is 2.48. The van der Waals surface area contributed by atoms with E-state index in [0.717, 1.165) is 39.1 Å². The Hall–Kier alpha value is -1.14. The van der Waals surface area contributed by atoms with Crippen molar-refractivity contribution in [2.75, 3.05) is 39.3 Å². The molecule has 2 rings (SSSR count). The maximum Gasteiger partial charge on any atom is 0.305 e. The number of carbonyl (C=O) groups is 2. The number of carbonyl (C=O) groups excluding carboxylic acids is 1. The van der Waals surface area contributed by atoms with Gasteiger partial charge in [0.2, 0.25) is 5.91 Å². The maximum absolute atomic E-state index is 11.4. The summed E-state index contributed by atoms with van der Waals surface area (Å²) in [5, 5.41) is 12.2. The number of carboxylic acids is 1. The summed E-state index contributed by atoms with van der Waals surface area (Å²) in [4.78, 5) is 26.5. The van der Waals surface area contributed by atoms with Gasteiger partial charge < -0.3 is 15.3 Å². The number of aliphatic carboxylic acids is 1. The van der Waals surface area contributed by atoms with E-state index in [4.69, 9.17) is 5.11 Å². The number of rotatable bonds is 3. The third-order valence-corrected chi connectivity index (χ3v) is 4.00. The van der Waals surface area contributed by atoms with E-state index in [-0.39, 0.29) is 17.9 Å². The molecule has 6 nitrogen and oxygen atoms in total. The van der Waals surface area contributed by atoms with Crippen molar-refractivity contribution in [3.8, 4) is 0 Å². The zero-order valence-corrected chi connectivity index (χ0v) is 10.8. The molecule has 6 heteroatoms. The number of hydrogen-bond donors (Lipinski definition) is 2. The first-order chi connectivity index (χ1) is 8.53. The zero-order valence-electron chi connectivity index (χ0n) is 10.8. The molecule has 2 saturated heterocycles. The van der Waals surface area contributed by atoms with Crippen LogP contribution in [0, 0.1) is 0 Å². The second-order valence-electron chi connectivity index (χ2n) is 5.25. The molecule has 2 fully saturated rings. The molecule has 0 radical (unpaired) electrons. The quantitative estimate of drug-likeness (QED) is 0.701. The molecule has 2 aliphatic rings. The van der Waals surface area contributed by atoms with Gasteiger partial charge in [0.15, 0.2) is 0 Å². The molecule has 0 aliphatic carbocycles. The van der Waals surface area contributed by atoms with Crippen LogP contribution >= 0.6 is 0 Å². The third-order valence-electron chi connectivity index (χ3n) is 4.00. The molecule has 0 spiro atoms. The normalized spacial score (nSPS) is 24.2. The second kappa shape index (κ2) is 5.24. The van der Waals surface area contributed by atoms with Crippen molar-refractivity contribution in [3.63, 3.8) is 0 Å². The van der Waals surface area contributed by atoms with Crippen LogP contribution in [0.1, 0.15) is 19.8 Å². The first kappa shape index (κ1) is 13.3. The number of carboxylic acid groups (broad SMARTS) is 1. The standard InChI is InChI=1S/C12H21N3O3/c1-10(16)14-3-2-4-15(6-5-14)12(7-11(17)18)8-13-9-12/h13H,2-9H2,1H3,(H,17,18). The molecular weight excluding hydrogens is 234 g/mol. The maximum atomic E-state index is 11.4. The van der Waals surface area contributed by atoms with Gasteiger partial charge in [-0.1, -0.05) is 0 Å². The van der Waals surface area contributed by atoms with Gasteiger partial charge in [-0.2, -0.15) is 0 Å². The molecule has 18 heavy (non-hydrogen) atoms. The Balaban J connectivity index is 2.00. The molecule has 0 aromatic carbocycles. The third kappa shape index (κ3) is 2.64. The summed E-state index contributed by atoms with van der Waals surface area (Å²) in [5.74, 6) is -0.639. The predicted molar refractivity (Wildman–Crippen MR) is 66.3 cm³/mol. The summed E-state index contributed by atoms with van der Waals surface area (Å²) < 4.78 is 0. The van der Waals surface area contributed by atoms with Crippen LogP contribution in [0.5, 0.6) is 0 Å². The highest BCUT2D eigenvalue weighted by Crippen LogP contribution is 2.26. The second-order valence-corrected chi connectivity index (χ2v) is 5.25. The van der Waals surface area contributed by atoms with E-state index in [1.165, 1.54) is 0 Å². The molecule has 0 aromatic heterocycles. The summed E-state index contributed by atoms with van der Waals surface area (Å²) in [6.07, 6.45) is 1.10. The fourth-order valence-corrected chi connectivity index (χ4v) is 2.86. The van der Waals surface area contributed by atoms with E-state index in [1.54, 1.807) is 6.92 Å². The Morgan fingerprint density at radius 3 is 2.44 bits per heavy atom. The Kier molecular flexibility index (Phi) is 3.87. The molecule has 0 saturated carbocycles. The largest absolute Gasteiger partial charge is 0.481 e. The fourth-order valence-electron chi connectivity index (χ4n) is 2.86.